The van der Waals surface area contributed by atoms with Crippen molar-refractivity contribution in [1.82, 2.24) is 34.9 Å². The van der Waals surface area contributed by atoms with Crippen LogP contribution in [0.3, 0.4) is 0 Å². The Labute approximate surface area is 801 Å². The Kier molecular flexibility index (Phi) is 19.2. The van der Waals surface area contributed by atoms with Crippen molar-refractivity contribution >= 4 is 53.9 Å². The van der Waals surface area contributed by atoms with Gasteiger partial charge in [0.05, 0.1) is 11.1 Å². The second-order valence-corrected chi connectivity index (χ2v) is 37.3. The van der Waals surface area contributed by atoms with Gasteiger partial charge in [0.1, 0.15) is 0 Å². The summed E-state index contributed by atoms with van der Waals surface area (Å²) in [4.78, 5) is 35.3. The minimum absolute atomic E-state index is 0.127. The molecule has 3 heterocycles. The third-order valence-corrected chi connectivity index (χ3v) is 29.0. The quantitative estimate of drug-likeness (QED) is 0.119. The Balaban J connectivity index is 0.000000110. The van der Waals surface area contributed by atoms with E-state index in [9.17, 15) is 0 Å². The molecule has 646 valence electrons. The van der Waals surface area contributed by atoms with Gasteiger partial charge in [-0.2, -0.15) is 0 Å². The summed E-state index contributed by atoms with van der Waals surface area (Å²) in [5.41, 5.74) is 40.6. The predicted molar refractivity (Wildman–Crippen MR) is 570 cm³/mol. The highest BCUT2D eigenvalue weighted by Crippen LogP contribution is 2.64. The highest BCUT2D eigenvalue weighted by molar-refractivity contribution is 6.25. The fraction of sp³-hybridized carbons (Fsp3) is 0.0458. The fourth-order valence-electron chi connectivity index (χ4n) is 22.7. The van der Waals surface area contributed by atoms with E-state index in [1.54, 1.807) is 0 Å². The Morgan fingerprint density at radius 1 is 0.174 bits per heavy atom. The van der Waals surface area contributed by atoms with Gasteiger partial charge in [0.2, 0.25) is 0 Å². The second kappa shape index (κ2) is 32.6. The average molecular weight is 1760 g/mol. The molecule has 28 rings (SSSR count). The predicted octanol–water partition coefficient (Wildman–Crippen LogP) is 33.3. The summed E-state index contributed by atoms with van der Waals surface area (Å²) in [6.07, 6.45) is 0. The third-order valence-electron chi connectivity index (χ3n) is 29.0. The van der Waals surface area contributed by atoms with Crippen molar-refractivity contribution in [2.24, 2.45) is 0 Å². The van der Waals surface area contributed by atoms with Crippen molar-refractivity contribution in [1.29, 1.82) is 0 Å². The largest absolute Gasteiger partial charge is 0.253 e. The molecule has 0 atom stereocenters. The maximum absolute atomic E-state index is 5.18. The summed E-state index contributed by atoms with van der Waals surface area (Å²) >= 11 is 0. The molecule has 3 aromatic heterocycles. The number of aryl methyl sites for hydroxylation is 2. The summed E-state index contributed by atoms with van der Waals surface area (Å²) in [5.74, 6) is 4.01. The van der Waals surface area contributed by atoms with E-state index in [-0.39, 0.29) is 10.8 Å². The van der Waals surface area contributed by atoms with Gasteiger partial charge in [-0.15, -0.1) is 0 Å². The number of hydrogen-bond donors (Lipinski definition) is 0. The van der Waals surface area contributed by atoms with Gasteiger partial charge < -0.3 is 0 Å². The molecule has 7 nitrogen and oxygen atoms in total. The molecule has 7 heteroatoms. The molecular formula is C131H87N7. The number of hydrogen-bond acceptors (Lipinski definition) is 7. The molecule has 1 spiro atoms. The molecule has 0 bridgehead atoms. The topological polar surface area (TPSA) is 90.2 Å². The number of fused-ring (bicyclic) bond motifs is 17. The summed E-state index contributed by atoms with van der Waals surface area (Å²) < 4.78 is 0. The molecule has 4 aliphatic carbocycles. The molecule has 21 aromatic carbocycles. The lowest BCUT2D eigenvalue weighted by Gasteiger charge is -2.30. The van der Waals surface area contributed by atoms with E-state index in [2.05, 4.69) is 446 Å². The molecule has 24 aromatic rings. The molecule has 0 N–H and O–H groups in total. The van der Waals surface area contributed by atoms with Crippen LogP contribution in [0.5, 0.6) is 0 Å². The van der Waals surface area contributed by atoms with Crippen molar-refractivity contribution in [2.75, 3.05) is 0 Å². The van der Waals surface area contributed by atoms with Gasteiger partial charge in [0.15, 0.2) is 34.9 Å². The first kappa shape index (κ1) is 81.1. The number of pyridine rings is 1. The van der Waals surface area contributed by atoms with Crippen molar-refractivity contribution < 1.29 is 0 Å². The maximum Gasteiger partial charge on any atom is 0.164 e. The molecule has 0 radical (unpaired) electrons. The zero-order chi connectivity index (χ0) is 91.9. The highest BCUT2D eigenvalue weighted by atomic mass is 15.0. The SMILES string of the molecule is CC1(C)c2ccccc2-c2ccc(-c3nc(-c4ccccc4)nc(-c4ccc(-c5cccc6c5-c5ccccc5C65c6ccccc6-c6ccccc65)cc4)n3)cc21.Cc1cc(C)nc(-c2ccc(-c3cc(-c4ccccc4)cc(-c4ccc5c6c(cccc46)-c4ccccc4-5)c3)cc2)c1.c1ccc(-c2nc(-c3cccc4ccccc34)nc(-c3ccc4ccc5cccc6ccc3c4c56)n2)cc1. The van der Waals surface area contributed by atoms with Gasteiger partial charge in [0, 0.05) is 50.1 Å². The van der Waals surface area contributed by atoms with E-state index in [0.717, 1.165) is 72.1 Å². The van der Waals surface area contributed by atoms with Crippen LogP contribution in [-0.2, 0) is 10.8 Å². The van der Waals surface area contributed by atoms with Crippen LogP contribution in [0.4, 0.5) is 0 Å². The summed E-state index contributed by atoms with van der Waals surface area (Å²) in [5, 5.41) is 12.4. The normalized spacial score (nSPS) is 12.8. The number of benzene rings is 21. The molecule has 4 aliphatic rings. The van der Waals surface area contributed by atoms with Crippen LogP contribution in [0, 0.1) is 13.8 Å². The van der Waals surface area contributed by atoms with Crippen LogP contribution < -0.4 is 0 Å². The Morgan fingerprint density at radius 2 is 0.543 bits per heavy atom. The van der Waals surface area contributed by atoms with Crippen molar-refractivity contribution in [3.63, 3.8) is 0 Å². The van der Waals surface area contributed by atoms with E-state index in [4.69, 9.17) is 34.9 Å². The minimum Gasteiger partial charge on any atom is -0.253 e. The highest BCUT2D eigenvalue weighted by Gasteiger charge is 2.52. The second-order valence-electron chi connectivity index (χ2n) is 37.3. The van der Waals surface area contributed by atoms with Crippen molar-refractivity contribution in [3.8, 4) is 180 Å². The zero-order valence-corrected chi connectivity index (χ0v) is 76.4. The molecule has 0 aliphatic heterocycles. The van der Waals surface area contributed by atoms with E-state index in [1.807, 2.05) is 36.4 Å². The van der Waals surface area contributed by atoms with Crippen LogP contribution in [0.1, 0.15) is 58.5 Å². The van der Waals surface area contributed by atoms with E-state index < -0.39 is 0 Å². The zero-order valence-electron chi connectivity index (χ0n) is 76.4. The van der Waals surface area contributed by atoms with Gasteiger partial charge >= 0.3 is 0 Å². The first-order chi connectivity index (χ1) is 68.0. The Hall–Kier alpha value is -17.7. The minimum atomic E-state index is -0.375. The van der Waals surface area contributed by atoms with Crippen molar-refractivity contribution in [3.05, 3.63) is 500 Å². The first-order valence-corrected chi connectivity index (χ1v) is 47.5. The fourth-order valence-corrected chi connectivity index (χ4v) is 22.7. The van der Waals surface area contributed by atoms with E-state index in [0.29, 0.717) is 34.9 Å². The monoisotopic (exact) mass is 1760 g/mol. The van der Waals surface area contributed by atoms with Gasteiger partial charge in [-0.05, 0) is 249 Å². The average Bonchev–Trinajstić information content (AvgIpc) is 1.50. The van der Waals surface area contributed by atoms with Crippen LogP contribution in [0.15, 0.2) is 455 Å². The van der Waals surface area contributed by atoms with E-state index >= 15 is 0 Å². The molecule has 0 saturated heterocycles. The maximum atomic E-state index is 5.18. The lowest BCUT2D eigenvalue weighted by Crippen LogP contribution is -2.25. The van der Waals surface area contributed by atoms with Crippen LogP contribution in [-0.4, -0.2) is 34.9 Å². The van der Waals surface area contributed by atoms with Crippen molar-refractivity contribution in [2.45, 2.75) is 38.5 Å². The van der Waals surface area contributed by atoms with Crippen LogP contribution in [0.2, 0.25) is 0 Å². The lowest BCUT2D eigenvalue weighted by molar-refractivity contribution is 0.660. The van der Waals surface area contributed by atoms with Gasteiger partial charge in [-0.25, -0.2) is 29.9 Å². The molecule has 138 heavy (non-hydrogen) atoms. The summed E-state index contributed by atoms with van der Waals surface area (Å²) in [6, 6.07) is 164. The first-order valence-electron chi connectivity index (χ1n) is 47.5. The molecule has 0 fully saturated rings. The Bertz CT molecular complexity index is 8940. The van der Waals surface area contributed by atoms with Gasteiger partial charge in [-0.1, -0.05) is 426 Å². The van der Waals surface area contributed by atoms with Crippen LogP contribution >= 0.6 is 0 Å². The molecular weight excluding hydrogens is 1670 g/mol. The molecule has 0 unspecified atom stereocenters. The van der Waals surface area contributed by atoms with Crippen LogP contribution in [0.25, 0.3) is 234 Å². The summed E-state index contributed by atoms with van der Waals surface area (Å²) in [7, 11) is 0. The Morgan fingerprint density at radius 3 is 1.20 bits per heavy atom. The third kappa shape index (κ3) is 13.4. The van der Waals surface area contributed by atoms with Gasteiger partial charge in [0.25, 0.3) is 0 Å². The number of rotatable bonds is 11. The van der Waals surface area contributed by atoms with Gasteiger partial charge in [-0.3, -0.25) is 4.98 Å². The number of aromatic nitrogens is 7. The number of nitrogens with zero attached hydrogens (tertiary/aromatic N) is 7. The van der Waals surface area contributed by atoms with E-state index in [1.165, 1.54) is 171 Å². The molecule has 0 saturated carbocycles. The smallest absolute Gasteiger partial charge is 0.164 e. The standard InChI is InChI=1S/C55H37N3.C41H29N.C35H21N3/c1-54(2)44-22-10-6-17-39(44)42-32-31-37(33-49(42)54)53-57-51(35-15-4-3-5-16-35)56-52(58-53)36-29-27-34(28-30-36)38-21-14-26-48-50(38)43-20-9-13-25-47(43)55(48)45-23-11-7-18-40(45)41-19-8-12-24-46(41)55;1-26-21-27(2)42-40(22-26)30-17-15-29(16-18-30)32-23-31(28-9-4-3-5-10-28)24-33(25-32)34-19-20-39-36-12-7-6-11-35(36)38-14-8-13-37(34)41(38)39;1-2-9-26(10-3-1)33-36-34(29-15-7-11-22-8-4-5-14-27(22)29)38-35(37-33)30-21-19-25-17-16-23-12-6-13-24-18-20-28(30)32(25)31(23)24/h3-33H,1-2H3;3-25H,1-2H3;1-21H. The lowest BCUT2D eigenvalue weighted by atomic mass is 9.70. The summed E-state index contributed by atoms with van der Waals surface area (Å²) in [6.45, 7) is 8.80. The molecule has 0 amide bonds.